The first kappa shape index (κ1) is 27.5. The summed E-state index contributed by atoms with van der Waals surface area (Å²) in [4.78, 5) is 25.8. The smallest absolute Gasteiger partial charge is 0.345 e. The fraction of sp³-hybridized carbons (Fsp3) is 0.714. The highest BCUT2D eigenvalue weighted by Gasteiger charge is 2.57. The molecule has 0 radical (unpaired) electrons. The van der Waals surface area contributed by atoms with Gasteiger partial charge in [0.05, 0.1) is 31.5 Å². The van der Waals surface area contributed by atoms with Crippen LogP contribution in [0.3, 0.4) is 0 Å². The average molecular weight is 491 g/mol. The van der Waals surface area contributed by atoms with Crippen molar-refractivity contribution in [2.24, 2.45) is 22.7 Å². The summed E-state index contributed by atoms with van der Waals surface area (Å²) in [7, 11) is 2.69. The van der Waals surface area contributed by atoms with Crippen LogP contribution in [-0.2, 0) is 11.2 Å². The third-order valence-corrected chi connectivity index (χ3v) is 8.96. The molecule has 0 aromatic carbocycles. The molecule has 2 aliphatic carbocycles. The fourth-order valence-electron chi connectivity index (χ4n) is 6.82. The van der Waals surface area contributed by atoms with Crippen LogP contribution >= 0.6 is 0 Å². The average Bonchev–Trinajstić information content (AvgIpc) is 2.78. The van der Waals surface area contributed by atoms with Gasteiger partial charge in [0.15, 0.2) is 0 Å². The van der Waals surface area contributed by atoms with E-state index in [9.17, 15) is 19.8 Å². The van der Waals surface area contributed by atoms with Gasteiger partial charge in [0.1, 0.15) is 11.3 Å². The number of aliphatic hydroxyl groups is 2. The molecule has 2 aliphatic rings. The van der Waals surface area contributed by atoms with Gasteiger partial charge in [-0.3, -0.25) is 4.79 Å². The second-order valence-corrected chi connectivity index (χ2v) is 11.7. The number of hydrogen-bond acceptors (Lipinski definition) is 7. The third kappa shape index (κ3) is 4.94. The van der Waals surface area contributed by atoms with Crippen LogP contribution in [0.2, 0.25) is 0 Å². The van der Waals surface area contributed by atoms with Gasteiger partial charge in [0, 0.05) is 0 Å². The Hall–Kier alpha value is -2.12. The molecule has 35 heavy (non-hydrogen) atoms. The zero-order valence-corrected chi connectivity index (χ0v) is 22.3. The Morgan fingerprint density at radius 1 is 1.26 bits per heavy atom. The second kappa shape index (κ2) is 9.74. The van der Waals surface area contributed by atoms with Gasteiger partial charge < -0.3 is 24.1 Å². The van der Waals surface area contributed by atoms with Gasteiger partial charge >= 0.3 is 5.97 Å². The van der Waals surface area contributed by atoms with E-state index in [1.807, 2.05) is 0 Å². The van der Waals surface area contributed by atoms with Crippen molar-refractivity contribution in [3.8, 4) is 5.95 Å². The van der Waals surface area contributed by atoms with E-state index in [2.05, 4.69) is 20.4 Å². The summed E-state index contributed by atoms with van der Waals surface area (Å²) in [6.07, 6.45) is 4.31. The molecule has 3 rings (SSSR count). The summed E-state index contributed by atoms with van der Waals surface area (Å²) < 4.78 is 16.0. The molecule has 0 unspecified atom stereocenters. The minimum absolute atomic E-state index is 0.0554. The number of aliphatic hydroxyl groups excluding tert-OH is 1. The Kier molecular flexibility index (Phi) is 7.64. The molecule has 0 spiro atoms. The van der Waals surface area contributed by atoms with Gasteiger partial charge in [-0.1, -0.05) is 26.0 Å². The van der Waals surface area contributed by atoms with Crippen molar-refractivity contribution >= 4 is 5.97 Å². The van der Waals surface area contributed by atoms with Crippen molar-refractivity contribution < 1.29 is 28.9 Å². The molecule has 0 aliphatic heterocycles. The molecule has 5 atom stereocenters. The van der Waals surface area contributed by atoms with Crippen molar-refractivity contribution in [1.82, 2.24) is 0 Å². The van der Waals surface area contributed by atoms with Crippen LogP contribution in [0, 0.1) is 29.6 Å². The van der Waals surface area contributed by atoms with Gasteiger partial charge in [-0.2, -0.15) is 0 Å². The number of allylic oxidation sites excluding steroid dienone is 1. The Bertz CT molecular complexity index is 1030. The number of carbonyl (C=O) groups is 1. The van der Waals surface area contributed by atoms with Crippen molar-refractivity contribution in [3.63, 3.8) is 0 Å². The minimum Gasteiger partial charge on any atom is -0.468 e. The van der Waals surface area contributed by atoms with E-state index in [4.69, 9.17) is 13.9 Å². The molecule has 196 valence electrons. The molecule has 2 fully saturated rings. The molecule has 1 heterocycles. The topological polar surface area (TPSA) is 106 Å². The summed E-state index contributed by atoms with van der Waals surface area (Å²) >= 11 is 0. The molecule has 0 bridgehead atoms. The normalized spacial score (nSPS) is 31.1. The fourth-order valence-corrected chi connectivity index (χ4v) is 6.82. The molecular formula is C28H42O7. The molecule has 0 saturated heterocycles. The minimum atomic E-state index is -0.813. The predicted octanol–water partition coefficient (Wildman–Crippen LogP) is 4.59. The molecular weight excluding hydrogens is 448 g/mol. The van der Waals surface area contributed by atoms with Gasteiger partial charge in [-0.25, -0.2) is 4.79 Å². The van der Waals surface area contributed by atoms with Crippen molar-refractivity contribution in [2.45, 2.75) is 91.3 Å². The number of hydrogen-bond donors (Lipinski definition) is 2. The Morgan fingerprint density at radius 3 is 2.49 bits per heavy atom. The van der Waals surface area contributed by atoms with E-state index in [0.717, 1.165) is 24.8 Å². The quantitative estimate of drug-likeness (QED) is 0.425. The maximum atomic E-state index is 13.5. The van der Waals surface area contributed by atoms with Gasteiger partial charge in [0.2, 0.25) is 5.43 Å². The Balaban J connectivity index is 2.06. The van der Waals surface area contributed by atoms with E-state index in [0.29, 0.717) is 31.2 Å². The van der Waals surface area contributed by atoms with Crippen LogP contribution in [0.25, 0.3) is 0 Å². The molecule has 0 amide bonds. The van der Waals surface area contributed by atoms with E-state index in [1.165, 1.54) is 14.2 Å². The molecule has 2 saturated carbocycles. The molecule has 7 nitrogen and oxygen atoms in total. The summed E-state index contributed by atoms with van der Waals surface area (Å²) in [5.74, 6) is -0.333. The largest absolute Gasteiger partial charge is 0.468 e. The predicted molar refractivity (Wildman–Crippen MR) is 134 cm³/mol. The monoisotopic (exact) mass is 490 g/mol. The highest BCUT2D eigenvalue weighted by Crippen LogP contribution is 2.63. The number of esters is 1. The van der Waals surface area contributed by atoms with Crippen molar-refractivity contribution in [1.29, 1.82) is 0 Å². The highest BCUT2D eigenvalue weighted by molar-refractivity contribution is 5.90. The van der Waals surface area contributed by atoms with E-state index < -0.39 is 23.1 Å². The van der Waals surface area contributed by atoms with Crippen LogP contribution in [0.5, 0.6) is 5.95 Å². The van der Waals surface area contributed by atoms with Gasteiger partial charge in [0.25, 0.3) is 5.95 Å². The zero-order valence-electron chi connectivity index (χ0n) is 22.3. The highest BCUT2D eigenvalue weighted by atomic mass is 16.6. The van der Waals surface area contributed by atoms with E-state index in [-0.39, 0.29) is 39.9 Å². The lowest BCUT2D eigenvalue weighted by molar-refractivity contribution is -0.142. The molecule has 1 aromatic rings. The molecule has 7 heteroatoms. The zero-order chi connectivity index (χ0) is 26.3. The number of carbonyl (C=O) groups excluding carboxylic acids is 1. The Morgan fingerprint density at radius 2 is 1.91 bits per heavy atom. The number of aryl methyl sites for hydroxylation is 1. The number of rotatable bonds is 7. The lowest BCUT2D eigenvalue weighted by Gasteiger charge is -2.60. The lowest BCUT2D eigenvalue weighted by Crippen LogP contribution is -2.56. The summed E-state index contributed by atoms with van der Waals surface area (Å²) in [5.41, 5.74) is -0.575. The third-order valence-electron chi connectivity index (χ3n) is 8.96. The van der Waals surface area contributed by atoms with Crippen molar-refractivity contribution in [3.05, 3.63) is 39.3 Å². The molecule has 2 N–H and O–H groups in total. The maximum absolute atomic E-state index is 13.5. The van der Waals surface area contributed by atoms with Crippen LogP contribution in [0.4, 0.5) is 0 Å². The van der Waals surface area contributed by atoms with E-state index >= 15 is 0 Å². The summed E-state index contributed by atoms with van der Waals surface area (Å²) in [5, 5.41) is 21.6. The number of fused-ring (bicyclic) bond motifs is 1. The first-order valence-electron chi connectivity index (χ1n) is 12.6. The number of ether oxygens (including phenoxy) is 2. The van der Waals surface area contributed by atoms with Gasteiger partial charge in [-0.15, -0.1) is 0 Å². The number of methoxy groups -OCH3 is 2. The van der Waals surface area contributed by atoms with Gasteiger partial charge in [-0.05, 0) is 88.4 Å². The Labute approximate surface area is 208 Å². The van der Waals surface area contributed by atoms with Crippen LogP contribution in [-0.4, -0.2) is 42.1 Å². The maximum Gasteiger partial charge on any atom is 0.345 e. The first-order chi connectivity index (χ1) is 16.2. The first-order valence-corrected chi connectivity index (χ1v) is 12.6. The standard InChI is InChI=1S/C28H42O7/c1-16-9-10-20-27(5,12-11-21(29)28(20,6)14-13-26(3,4)32)19(16)15-18-23(30)22(24(31)33-7)17(2)35-25(18)34-8/h19-21,29,32H,1,9-15H2,2-8H3/t19-,20-,21-,27-,28+/m0/s1. The van der Waals surface area contributed by atoms with Crippen LogP contribution < -0.4 is 10.2 Å². The summed E-state index contributed by atoms with van der Waals surface area (Å²) in [6, 6.07) is 0. The lowest BCUT2D eigenvalue weighted by atomic mass is 9.45. The second-order valence-electron chi connectivity index (χ2n) is 11.7. The molecule has 1 aromatic heterocycles. The summed E-state index contributed by atoms with van der Waals surface area (Å²) in [6.45, 7) is 13.9. The van der Waals surface area contributed by atoms with Crippen LogP contribution in [0.15, 0.2) is 21.4 Å². The van der Waals surface area contributed by atoms with Crippen LogP contribution in [0.1, 0.15) is 87.9 Å². The van der Waals surface area contributed by atoms with Crippen molar-refractivity contribution in [2.75, 3.05) is 14.2 Å². The van der Waals surface area contributed by atoms with E-state index in [1.54, 1.807) is 20.8 Å². The SMILES string of the molecule is C=C1CC[C@@H]2[C@@](C)(CCC(C)(C)O)[C@@H](O)CC[C@@]2(C)[C@H]1Cc1c(OC)oc(C)c(C(=O)OC)c1=O.